The zero-order valence-corrected chi connectivity index (χ0v) is 8.78. The molecule has 0 aliphatic heterocycles. The van der Waals surface area contributed by atoms with E-state index in [9.17, 15) is 14.4 Å². The molecule has 0 aliphatic carbocycles. The van der Waals surface area contributed by atoms with E-state index in [0.717, 1.165) is 0 Å². The predicted octanol–water partition coefficient (Wildman–Crippen LogP) is -0.211. The molecule has 0 saturated heterocycles. The van der Waals surface area contributed by atoms with Crippen LogP contribution in [-0.4, -0.2) is 40.9 Å². The van der Waals surface area contributed by atoms with Gasteiger partial charge < -0.3 is 20.3 Å². The standard InChI is InChI=1S/C7H11NO6S/c1-4(9)13-3-14-7(12)15-2-5(8)6(10)11/h5H,2-3,8H2,1H3,(H,10,11). The van der Waals surface area contributed by atoms with Crippen molar-refractivity contribution in [1.29, 1.82) is 0 Å². The minimum Gasteiger partial charge on any atom is -0.480 e. The summed E-state index contributed by atoms with van der Waals surface area (Å²) >= 11 is 0.606. The molecular formula is C7H11NO6S. The van der Waals surface area contributed by atoms with Gasteiger partial charge in [-0.3, -0.25) is 9.59 Å². The number of hydrogen-bond donors (Lipinski definition) is 2. The molecule has 3 N–H and O–H groups in total. The second-order valence-electron chi connectivity index (χ2n) is 2.40. The first-order valence-corrected chi connectivity index (χ1v) is 4.83. The third kappa shape index (κ3) is 7.77. The van der Waals surface area contributed by atoms with Crippen molar-refractivity contribution in [2.24, 2.45) is 5.73 Å². The zero-order valence-electron chi connectivity index (χ0n) is 7.97. The lowest BCUT2D eigenvalue weighted by molar-refractivity contribution is -0.148. The fourth-order valence-electron chi connectivity index (χ4n) is 0.431. The van der Waals surface area contributed by atoms with Crippen molar-refractivity contribution >= 4 is 29.0 Å². The third-order valence-corrected chi connectivity index (χ3v) is 2.02. The van der Waals surface area contributed by atoms with Gasteiger partial charge in [0.05, 0.1) is 0 Å². The lowest BCUT2D eigenvalue weighted by Crippen LogP contribution is -2.33. The minimum atomic E-state index is -1.20. The van der Waals surface area contributed by atoms with E-state index in [1.807, 2.05) is 0 Å². The highest BCUT2D eigenvalue weighted by atomic mass is 32.2. The molecule has 15 heavy (non-hydrogen) atoms. The maximum Gasteiger partial charge on any atom is 0.370 e. The molecule has 8 heteroatoms. The van der Waals surface area contributed by atoms with E-state index in [1.54, 1.807) is 0 Å². The molecule has 0 aromatic heterocycles. The number of aliphatic carboxylic acids is 1. The molecule has 0 bridgehead atoms. The Morgan fingerprint density at radius 1 is 1.40 bits per heavy atom. The van der Waals surface area contributed by atoms with E-state index in [0.29, 0.717) is 11.8 Å². The number of carbonyl (C=O) groups excluding carboxylic acids is 2. The average molecular weight is 237 g/mol. The number of ether oxygens (including phenoxy) is 2. The number of carboxylic acid groups (broad SMARTS) is 1. The minimum absolute atomic E-state index is 0.103. The summed E-state index contributed by atoms with van der Waals surface area (Å²) in [6.07, 6.45) is 0. The van der Waals surface area contributed by atoms with Gasteiger partial charge in [0.15, 0.2) is 0 Å². The first-order chi connectivity index (χ1) is 6.93. The molecule has 0 heterocycles. The average Bonchev–Trinajstić information content (AvgIpc) is 2.13. The summed E-state index contributed by atoms with van der Waals surface area (Å²) in [6, 6.07) is -1.13. The van der Waals surface area contributed by atoms with E-state index < -0.39 is 30.1 Å². The van der Waals surface area contributed by atoms with Gasteiger partial charge in [-0.25, -0.2) is 4.79 Å². The molecule has 0 rings (SSSR count). The zero-order chi connectivity index (χ0) is 11.8. The Labute approximate surface area is 89.9 Å². The molecule has 0 aromatic carbocycles. The monoisotopic (exact) mass is 237 g/mol. The fraction of sp³-hybridized carbons (Fsp3) is 0.571. The van der Waals surface area contributed by atoms with Crippen LogP contribution in [-0.2, 0) is 19.1 Å². The first kappa shape index (κ1) is 13.7. The highest BCUT2D eigenvalue weighted by Gasteiger charge is 2.14. The van der Waals surface area contributed by atoms with E-state index in [1.165, 1.54) is 6.92 Å². The summed E-state index contributed by atoms with van der Waals surface area (Å²) < 4.78 is 8.74. The van der Waals surface area contributed by atoms with Crippen molar-refractivity contribution in [1.82, 2.24) is 0 Å². The number of hydrogen-bond acceptors (Lipinski definition) is 7. The Morgan fingerprint density at radius 3 is 2.47 bits per heavy atom. The Bertz CT molecular complexity index is 256. The molecule has 1 unspecified atom stereocenters. The second-order valence-corrected chi connectivity index (χ2v) is 3.36. The second kappa shape index (κ2) is 7.07. The number of carbonyl (C=O) groups is 3. The van der Waals surface area contributed by atoms with Gasteiger partial charge in [0.25, 0.3) is 0 Å². The van der Waals surface area contributed by atoms with Crippen molar-refractivity contribution < 1.29 is 29.0 Å². The van der Waals surface area contributed by atoms with Crippen LogP contribution >= 0.6 is 11.8 Å². The lowest BCUT2D eigenvalue weighted by atomic mass is 10.4. The van der Waals surface area contributed by atoms with Crippen LogP contribution in [0, 0.1) is 0 Å². The summed E-state index contributed by atoms with van der Waals surface area (Å²) in [5, 5.41) is 7.64. The van der Waals surface area contributed by atoms with Gasteiger partial charge in [0.1, 0.15) is 6.04 Å². The van der Waals surface area contributed by atoms with Crippen LogP contribution in [0.25, 0.3) is 0 Å². The van der Waals surface area contributed by atoms with Crippen LogP contribution in [0.3, 0.4) is 0 Å². The van der Waals surface area contributed by atoms with Crippen LogP contribution in [0.2, 0.25) is 0 Å². The maximum atomic E-state index is 10.9. The molecule has 0 saturated carbocycles. The van der Waals surface area contributed by atoms with Gasteiger partial charge in [-0.15, -0.1) is 0 Å². The van der Waals surface area contributed by atoms with Crippen molar-refractivity contribution in [2.45, 2.75) is 13.0 Å². The van der Waals surface area contributed by atoms with E-state index in [-0.39, 0.29) is 5.75 Å². The molecule has 0 aliphatic rings. The molecule has 0 aromatic rings. The maximum absolute atomic E-state index is 10.9. The molecule has 0 fully saturated rings. The molecule has 0 amide bonds. The number of esters is 1. The summed E-state index contributed by atoms with van der Waals surface area (Å²) in [5.74, 6) is -1.88. The van der Waals surface area contributed by atoms with Crippen molar-refractivity contribution in [3.63, 3.8) is 0 Å². The molecule has 1 atom stereocenters. The normalized spacial score (nSPS) is 11.6. The summed E-state index contributed by atoms with van der Waals surface area (Å²) in [7, 11) is 0. The van der Waals surface area contributed by atoms with E-state index >= 15 is 0 Å². The number of nitrogens with two attached hydrogens (primary N) is 1. The molecule has 7 nitrogen and oxygen atoms in total. The van der Waals surface area contributed by atoms with Crippen LogP contribution in [0.15, 0.2) is 0 Å². The van der Waals surface area contributed by atoms with Crippen LogP contribution in [0.4, 0.5) is 4.79 Å². The molecule has 0 radical (unpaired) electrons. The SMILES string of the molecule is CC(=O)OCOC(=O)SCC(N)C(=O)O. The lowest BCUT2D eigenvalue weighted by Gasteiger charge is -2.05. The highest BCUT2D eigenvalue weighted by molar-refractivity contribution is 8.13. The molecular weight excluding hydrogens is 226 g/mol. The van der Waals surface area contributed by atoms with Crippen LogP contribution in [0.1, 0.15) is 6.92 Å². The van der Waals surface area contributed by atoms with Gasteiger partial charge in [0.2, 0.25) is 6.79 Å². The summed E-state index contributed by atoms with van der Waals surface area (Å²) in [6.45, 7) is 0.685. The number of rotatable bonds is 5. The van der Waals surface area contributed by atoms with Crippen LogP contribution in [0.5, 0.6) is 0 Å². The van der Waals surface area contributed by atoms with Crippen molar-refractivity contribution in [2.75, 3.05) is 12.5 Å². The van der Waals surface area contributed by atoms with Gasteiger partial charge in [0, 0.05) is 12.7 Å². The van der Waals surface area contributed by atoms with Gasteiger partial charge >= 0.3 is 17.2 Å². The third-order valence-electron chi connectivity index (χ3n) is 1.14. The van der Waals surface area contributed by atoms with Crippen molar-refractivity contribution in [3.8, 4) is 0 Å². The Hall–Kier alpha value is -1.28. The van der Waals surface area contributed by atoms with Crippen molar-refractivity contribution in [3.05, 3.63) is 0 Å². The summed E-state index contributed by atoms with van der Waals surface area (Å²) in [4.78, 5) is 31.4. The quantitative estimate of drug-likeness (QED) is 0.498. The van der Waals surface area contributed by atoms with Crippen LogP contribution < -0.4 is 5.73 Å². The fourth-order valence-corrected chi connectivity index (χ4v) is 1.02. The number of carboxylic acids is 1. The van der Waals surface area contributed by atoms with Gasteiger partial charge in [-0.1, -0.05) is 0 Å². The van der Waals surface area contributed by atoms with E-state index in [2.05, 4.69) is 9.47 Å². The molecule has 0 spiro atoms. The Kier molecular flexibility index (Phi) is 6.47. The predicted molar refractivity (Wildman–Crippen MR) is 51.2 cm³/mol. The molecule has 86 valence electrons. The first-order valence-electron chi connectivity index (χ1n) is 3.84. The smallest absolute Gasteiger partial charge is 0.370 e. The Balaban J connectivity index is 3.57. The highest BCUT2D eigenvalue weighted by Crippen LogP contribution is 2.06. The summed E-state index contributed by atoms with van der Waals surface area (Å²) in [5.41, 5.74) is 5.13. The largest absolute Gasteiger partial charge is 0.480 e. The van der Waals surface area contributed by atoms with E-state index in [4.69, 9.17) is 10.8 Å². The Morgan fingerprint density at radius 2 is 2.00 bits per heavy atom. The number of thioether (sulfide) groups is 1. The topological polar surface area (TPSA) is 116 Å². The van der Waals surface area contributed by atoms with Gasteiger partial charge in [-0.05, 0) is 11.8 Å². The van der Waals surface area contributed by atoms with Gasteiger partial charge in [-0.2, -0.15) is 0 Å².